The van der Waals surface area contributed by atoms with E-state index in [0.717, 1.165) is 18.4 Å². The zero-order chi connectivity index (χ0) is 25.8. The molecule has 1 aromatic rings. The molecule has 0 saturated heterocycles. The summed E-state index contributed by atoms with van der Waals surface area (Å²) in [5, 5.41) is 1.18. The Labute approximate surface area is 219 Å². The lowest BCUT2D eigenvalue weighted by molar-refractivity contribution is -0.147. The zero-order valence-corrected chi connectivity index (χ0v) is 25.1. The van der Waals surface area contributed by atoms with Gasteiger partial charge >= 0.3 is 5.97 Å². The summed E-state index contributed by atoms with van der Waals surface area (Å²) >= 11 is 0. The molecule has 1 rings (SSSR count). The fraction of sp³-hybridized carbons (Fsp3) is 0.839. The summed E-state index contributed by atoms with van der Waals surface area (Å²) in [6.07, 6.45) is 24.5. The number of carbonyl (C=O) groups excluding carboxylic acids is 1. The van der Waals surface area contributed by atoms with Crippen LogP contribution >= 0.6 is 0 Å². The van der Waals surface area contributed by atoms with Gasteiger partial charge in [-0.05, 0) is 18.9 Å². The summed E-state index contributed by atoms with van der Waals surface area (Å²) in [5.41, 5.74) is 1.06. The number of hydrogen-bond acceptors (Lipinski definition) is 3. The maximum absolute atomic E-state index is 11.7. The number of unbranched alkanes of at least 4 members (excludes halogenated alkanes) is 15. The first-order chi connectivity index (χ1) is 17.0. The number of hydrogen-bond donors (Lipinski definition) is 0. The van der Waals surface area contributed by atoms with E-state index >= 15 is 0 Å². The summed E-state index contributed by atoms with van der Waals surface area (Å²) in [6, 6.07) is 5.81. The number of furan rings is 1. The Hall–Kier alpha value is -1.03. The lowest BCUT2D eigenvalue weighted by atomic mass is 10.0. The van der Waals surface area contributed by atoms with Crippen molar-refractivity contribution in [3.05, 3.63) is 17.9 Å². The molecule has 0 fully saturated rings. The summed E-state index contributed by atoms with van der Waals surface area (Å²) in [6.45, 7) is 10.7. The van der Waals surface area contributed by atoms with Crippen LogP contribution in [0, 0.1) is 0 Å². The monoisotopic (exact) mass is 506 g/mol. The fourth-order valence-electron chi connectivity index (χ4n) is 5.44. The molecule has 0 N–H and O–H groups in total. The molecule has 0 saturated carbocycles. The highest BCUT2D eigenvalue weighted by molar-refractivity contribution is 6.90. The van der Waals surface area contributed by atoms with Crippen LogP contribution in [0.2, 0.25) is 18.1 Å². The maximum atomic E-state index is 11.7. The van der Waals surface area contributed by atoms with Crippen molar-refractivity contribution in [2.75, 3.05) is 0 Å². The summed E-state index contributed by atoms with van der Waals surface area (Å²) < 4.78 is 11.8. The van der Waals surface area contributed by atoms with E-state index in [-0.39, 0.29) is 12.1 Å². The van der Waals surface area contributed by atoms with Gasteiger partial charge in [0.2, 0.25) is 0 Å². The van der Waals surface area contributed by atoms with E-state index in [1.54, 1.807) is 0 Å². The Balaban J connectivity index is 2.19. The van der Waals surface area contributed by atoms with E-state index in [1.807, 2.05) is 6.26 Å². The number of rotatable bonds is 23. The van der Waals surface area contributed by atoms with Crippen molar-refractivity contribution in [3.8, 4) is 0 Å². The topological polar surface area (TPSA) is 39.4 Å². The Kier molecular flexibility index (Phi) is 18.4. The highest BCUT2D eigenvalue weighted by Gasteiger charge is 2.33. The van der Waals surface area contributed by atoms with Crippen molar-refractivity contribution in [1.29, 1.82) is 0 Å². The minimum Gasteiger partial charge on any atom is -0.474 e. The summed E-state index contributed by atoms with van der Waals surface area (Å²) in [5.74, 6) is -0.195. The predicted molar refractivity (Wildman–Crippen MR) is 154 cm³/mol. The largest absolute Gasteiger partial charge is 0.474 e. The van der Waals surface area contributed by atoms with Gasteiger partial charge in [-0.1, -0.05) is 142 Å². The van der Waals surface area contributed by atoms with Crippen LogP contribution in [0.3, 0.4) is 0 Å². The van der Waals surface area contributed by atoms with Gasteiger partial charge in [-0.25, -0.2) is 0 Å². The standard InChI is InChI=1S/C31H58O3Si/c1-6-10-11-12-13-14-15-16-17-18-19-20-21-22-23-24-25-30(34-28(5)32)29-26-31(33-27-29)35(7-2,8-3)9-4/h26-27,30H,6-25H2,1-5H3. The van der Waals surface area contributed by atoms with Crippen LogP contribution in [-0.2, 0) is 9.53 Å². The molecule has 1 aromatic heterocycles. The first-order valence-electron chi connectivity index (χ1n) is 15.3. The first kappa shape index (κ1) is 32.0. The van der Waals surface area contributed by atoms with Gasteiger partial charge in [0, 0.05) is 12.5 Å². The van der Waals surface area contributed by atoms with Crippen LogP contribution in [-0.4, -0.2) is 14.0 Å². The highest BCUT2D eigenvalue weighted by Crippen LogP contribution is 2.28. The van der Waals surface area contributed by atoms with Crippen LogP contribution in [0.15, 0.2) is 16.7 Å². The highest BCUT2D eigenvalue weighted by atomic mass is 28.3. The molecule has 0 radical (unpaired) electrons. The van der Waals surface area contributed by atoms with Gasteiger partial charge in [-0.15, -0.1) is 0 Å². The van der Waals surface area contributed by atoms with Gasteiger partial charge in [0.25, 0.3) is 0 Å². The van der Waals surface area contributed by atoms with Crippen molar-refractivity contribution in [1.82, 2.24) is 0 Å². The van der Waals surface area contributed by atoms with Crippen LogP contribution in [0.5, 0.6) is 0 Å². The van der Waals surface area contributed by atoms with Gasteiger partial charge in [0.05, 0.1) is 11.6 Å². The van der Waals surface area contributed by atoms with E-state index in [1.165, 1.54) is 127 Å². The van der Waals surface area contributed by atoms with Crippen molar-refractivity contribution >= 4 is 19.4 Å². The minimum atomic E-state index is -1.54. The third kappa shape index (κ3) is 13.2. The van der Waals surface area contributed by atoms with Crippen molar-refractivity contribution in [2.45, 2.75) is 168 Å². The Morgan fingerprint density at radius 1 is 0.743 bits per heavy atom. The molecule has 1 heterocycles. The molecule has 1 atom stereocenters. The molecule has 0 spiro atoms. The normalized spacial score (nSPS) is 12.7. The van der Waals surface area contributed by atoms with E-state index in [9.17, 15) is 4.79 Å². The average molecular weight is 507 g/mol. The van der Waals surface area contributed by atoms with E-state index in [2.05, 4.69) is 33.8 Å². The van der Waals surface area contributed by atoms with E-state index in [0.29, 0.717) is 0 Å². The molecule has 0 aromatic carbocycles. The Morgan fingerprint density at radius 2 is 1.17 bits per heavy atom. The van der Waals surface area contributed by atoms with E-state index < -0.39 is 8.07 Å². The maximum Gasteiger partial charge on any atom is 0.303 e. The van der Waals surface area contributed by atoms with Crippen molar-refractivity contribution in [3.63, 3.8) is 0 Å². The number of esters is 1. The van der Waals surface area contributed by atoms with Gasteiger partial charge < -0.3 is 9.15 Å². The van der Waals surface area contributed by atoms with E-state index in [4.69, 9.17) is 9.15 Å². The second-order valence-electron chi connectivity index (χ2n) is 10.8. The smallest absolute Gasteiger partial charge is 0.303 e. The molecule has 0 aliphatic rings. The molecule has 204 valence electrons. The SMILES string of the molecule is CCCCCCCCCCCCCCCCCCC(OC(C)=O)c1coc([Si](CC)(CC)CC)c1. The van der Waals surface area contributed by atoms with Gasteiger partial charge in [0.1, 0.15) is 14.2 Å². The molecule has 0 aliphatic carbocycles. The Bertz CT molecular complexity index is 627. The van der Waals surface area contributed by atoms with Gasteiger partial charge in [0.15, 0.2) is 0 Å². The summed E-state index contributed by atoms with van der Waals surface area (Å²) in [7, 11) is -1.54. The average Bonchev–Trinajstić information content (AvgIpc) is 3.35. The molecule has 0 aliphatic heterocycles. The molecule has 1 unspecified atom stereocenters. The van der Waals surface area contributed by atoms with Gasteiger partial charge in [-0.3, -0.25) is 4.79 Å². The molecular formula is C31H58O3Si. The zero-order valence-electron chi connectivity index (χ0n) is 24.1. The lowest BCUT2D eigenvalue weighted by Crippen LogP contribution is -2.44. The Morgan fingerprint density at radius 3 is 1.57 bits per heavy atom. The number of ether oxygens (including phenoxy) is 1. The lowest BCUT2D eigenvalue weighted by Gasteiger charge is -2.24. The predicted octanol–water partition coefficient (Wildman–Crippen LogP) is 10.3. The second kappa shape index (κ2) is 20.1. The molecular weight excluding hydrogens is 448 g/mol. The minimum absolute atomic E-state index is 0.158. The molecule has 35 heavy (non-hydrogen) atoms. The van der Waals surface area contributed by atoms with Crippen molar-refractivity contribution in [2.24, 2.45) is 0 Å². The third-order valence-electron chi connectivity index (χ3n) is 8.17. The fourth-order valence-corrected chi connectivity index (χ4v) is 8.77. The first-order valence-corrected chi connectivity index (χ1v) is 17.9. The van der Waals surface area contributed by atoms with Crippen LogP contribution < -0.4 is 5.38 Å². The quantitative estimate of drug-likeness (QED) is 0.0841. The second-order valence-corrected chi connectivity index (χ2v) is 16.0. The summed E-state index contributed by atoms with van der Waals surface area (Å²) in [4.78, 5) is 11.7. The molecule has 0 bridgehead atoms. The van der Waals surface area contributed by atoms with Crippen LogP contribution in [0.1, 0.15) is 155 Å². The van der Waals surface area contributed by atoms with Crippen molar-refractivity contribution < 1.29 is 13.9 Å². The molecule has 0 amide bonds. The van der Waals surface area contributed by atoms with Crippen LogP contribution in [0.4, 0.5) is 0 Å². The van der Waals surface area contributed by atoms with Crippen LogP contribution in [0.25, 0.3) is 0 Å². The number of carbonyl (C=O) groups is 1. The molecule has 3 nitrogen and oxygen atoms in total. The molecule has 4 heteroatoms. The van der Waals surface area contributed by atoms with Gasteiger partial charge in [-0.2, -0.15) is 0 Å². The third-order valence-corrected chi connectivity index (χ3v) is 13.5.